The van der Waals surface area contributed by atoms with Crippen molar-refractivity contribution in [3.8, 4) is 0 Å². The third-order valence-electron chi connectivity index (χ3n) is 5.44. The van der Waals surface area contributed by atoms with Crippen LogP contribution in [0.1, 0.15) is 57.2 Å². The predicted molar refractivity (Wildman–Crippen MR) is 97.3 cm³/mol. The average Bonchev–Trinajstić information content (AvgIpc) is 3.15. The number of carbonyl (C=O) groups excluding carboxylic acids is 1. The Morgan fingerprint density at radius 2 is 1.96 bits per heavy atom. The van der Waals surface area contributed by atoms with Crippen molar-refractivity contribution in [2.24, 2.45) is 0 Å². The van der Waals surface area contributed by atoms with Gasteiger partial charge >= 0.3 is 0 Å². The Kier molecular flexibility index (Phi) is 6.87. The van der Waals surface area contributed by atoms with Crippen LogP contribution >= 0.6 is 0 Å². The molecule has 0 unspecified atom stereocenters. The monoisotopic (exact) mass is 348 g/mol. The fraction of sp³-hybridized carbons (Fsp3) is 0.789. The number of carbonyl (C=O) groups is 1. The molecule has 2 aliphatic rings. The van der Waals surface area contributed by atoms with Crippen LogP contribution in [-0.4, -0.2) is 64.8 Å². The third-order valence-corrected chi connectivity index (χ3v) is 5.44. The Morgan fingerprint density at radius 3 is 2.68 bits per heavy atom. The van der Waals surface area contributed by atoms with Crippen LogP contribution in [-0.2, 0) is 16.1 Å². The summed E-state index contributed by atoms with van der Waals surface area (Å²) in [5.74, 6) is 0.268. The van der Waals surface area contributed by atoms with E-state index in [1.165, 1.54) is 32.1 Å². The van der Waals surface area contributed by atoms with Crippen molar-refractivity contribution in [2.45, 2.75) is 58.1 Å². The molecule has 25 heavy (non-hydrogen) atoms. The fourth-order valence-electron chi connectivity index (χ4n) is 3.82. The van der Waals surface area contributed by atoms with Crippen LogP contribution in [0.3, 0.4) is 0 Å². The summed E-state index contributed by atoms with van der Waals surface area (Å²) in [5, 5.41) is 4.69. The minimum atomic E-state index is 0.268. The summed E-state index contributed by atoms with van der Waals surface area (Å²) < 4.78 is 7.96. The van der Waals surface area contributed by atoms with Crippen LogP contribution in [0.5, 0.6) is 0 Å². The maximum Gasteiger partial charge on any atom is 0.222 e. The van der Waals surface area contributed by atoms with E-state index in [1.807, 2.05) is 11.8 Å². The molecule has 1 amide bonds. The van der Waals surface area contributed by atoms with Crippen molar-refractivity contribution in [2.75, 3.05) is 39.3 Å². The second-order valence-electron chi connectivity index (χ2n) is 7.21. The highest BCUT2D eigenvalue weighted by Crippen LogP contribution is 2.27. The van der Waals surface area contributed by atoms with Gasteiger partial charge in [-0.15, -0.1) is 0 Å². The Balaban J connectivity index is 1.31. The van der Waals surface area contributed by atoms with Gasteiger partial charge in [0.05, 0.1) is 24.9 Å². The number of aromatic nitrogens is 2. The van der Waals surface area contributed by atoms with Gasteiger partial charge in [-0.25, -0.2) is 0 Å². The van der Waals surface area contributed by atoms with Gasteiger partial charge in [-0.3, -0.25) is 14.4 Å². The first-order chi connectivity index (χ1) is 12.3. The number of nitrogens with zero attached hydrogens (tertiary/aromatic N) is 4. The first-order valence-corrected chi connectivity index (χ1v) is 9.88. The summed E-state index contributed by atoms with van der Waals surface area (Å²) in [4.78, 5) is 16.0. The molecular formula is C19H32N4O2. The molecule has 0 bridgehead atoms. The lowest BCUT2D eigenvalue weighted by atomic mass is 9.96. The van der Waals surface area contributed by atoms with Gasteiger partial charge in [0.25, 0.3) is 0 Å². The lowest BCUT2D eigenvalue weighted by Gasteiger charge is -2.34. The van der Waals surface area contributed by atoms with Crippen molar-refractivity contribution in [1.82, 2.24) is 19.6 Å². The molecule has 1 aliphatic heterocycles. The molecule has 0 N–H and O–H groups in total. The Morgan fingerprint density at radius 1 is 1.20 bits per heavy atom. The Hall–Kier alpha value is -1.40. The summed E-state index contributed by atoms with van der Waals surface area (Å²) in [5.41, 5.74) is 1.03. The minimum absolute atomic E-state index is 0.268. The van der Waals surface area contributed by atoms with E-state index in [0.717, 1.165) is 45.0 Å². The van der Waals surface area contributed by atoms with Gasteiger partial charge in [0.1, 0.15) is 0 Å². The lowest BCUT2D eigenvalue weighted by molar-refractivity contribution is -0.132. The Bertz CT molecular complexity index is 531. The van der Waals surface area contributed by atoms with E-state index in [0.29, 0.717) is 19.1 Å². The summed E-state index contributed by atoms with van der Waals surface area (Å²) >= 11 is 0. The molecule has 2 fully saturated rings. The predicted octanol–water partition coefficient (Wildman–Crippen LogP) is 2.46. The zero-order chi connectivity index (χ0) is 17.5. The number of hydrogen-bond donors (Lipinski definition) is 0. The van der Waals surface area contributed by atoms with Crippen molar-refractivity contribution in [1.29, 1.82) is 0 Å². The van der Waals surface area contributed by atoms with Gasteiger partial charge in [-0.1, -0.05) is 26.2 Å². The standard InChI is InChI=1S/C19H32N4O2/c1-2-19(24)22-12-10-21(11-13-22)14-15-25-16-17-8-9-23(20-17)18-6-4-3-5-7-18/h8-9,18H,2-7,10-16H2,1H3. The SMILES string of the molecule is CCC(=O)N1CCN(CCOCc2ccn(C3CCCCC3)n2)CC1. The first-order valence-electron chi connectivity index (χ1n) is 9.88. The lowest BCUT2D eigenvalue weighted by Crippen LogP contribution is -2.49. The smallest absolute Gasteiger partial charge is 0.222 e. The zero-order valence-electron chi connectivity index (χ0n) is 15.5. The number of amides is 1. The molecule has 6 nitrogen and oxygen atoms in total. The number of piperazine rings is 1. The molecule has 1 saturated carbocycles. The summed E-state index contributed by atoms with van der Waals surface area (Å²) in [7, 11) is 0. The van der Waals surface area contributed by atoms with Crippen LogP contribution in [0.2, 0.25) is 0 Å². The van der Waals surface area contributed by atoms with Gasteiger partial charge in [0, 0.05) is 45.3 Å². The van der Waals surface area contributed by atoms with Gasteiger partial charge < -0.3 is 9.64 Å². The van der Waals surface area contributed by atoms with Gasteiger partial charge in [0.15, 0.2) is 0 Å². The largest absolute Gasteiger partial charge is 0.374 e. The van der Waals surface area contributed by atoms with Crippen LogP contribution in [0.25, 0.3) is 0 Å². The highest BCUT2D eigenvalue weighted by molar-refractivity contribution is 5.75. The van der Waals surface area contributed by atoms with Crippen molar-refractivity contribution in [3.05, 3.63) is 18.0 Å². The second kappa shape index (κ2) is 9.34. The van der Waals surface area contributed by atoms with Crippen LogP contribution in [0.4, 0.5) is 0 Å². The second-order valence-corrected chi connectivity index (χ2v) is 7.21. The molecule has 6 heteroatoms. The molecule has 1 aromatic rings. The van der Waals surface area contributed by atoms with E-state index < -0.39 is 0 Å². The van der Waals surface area contributed by atoms with Crippen LogP contribution < -0.4 is 0 Å². The van der Waals surface area contributed by atoms with E-state index in [4.69, 9.17) is 9.84 Å². The van der Waals surface area contributed by atoms with E-state index >= 15 is 0 Å². The number of rotatable bonds is 7. The number of hydrogen-bond acceptors (Lipinski definition) is 4. The van der Waals surface area contributed by atoms with Crippen molar-refractivity contribution < 1.29 is 9.53 Å². The van der Waals surface area contributed by atoms with Gasteiger partial charge in [-0.2, -0.15) is 5.10 Å². The third kappa shape index (κ3) is 5.28. The molecule has 1 aromatic heterocycles. The van der Waals surface area contributed by atoms with E-state index in [2.05, 4.69) is 21.8 Å². The average molecular weight is 348 g/mol. The van der Waals surface area contributed by atoms with Gasteiger partial charge in [0.2, 0.25) is 5.91 Å². The quantitative estimate of drug-likeness (QED) is 0.710. The molecule has 1 saturated heterocycles. The van der Waals surface area contributed by atoms with Crippen molar-refractivity contribution >= 4 is 5.91 Å². The normalized spacial score (nSPS) is 20.1. The zero-order valence-corrected chi connectivity index (χ0v) is 15.5. The van der Waals surface area contributed by atoms with Crippen molar-refractivity contribution in [3.63, 3.8) is 0 Å². The molecule has 2 heterocycles. The molecule has 0 radical (unpaired) electrons. The fourth-order valence-corrected chi connectivity index (χ4v) is 3.82. The highest BCUT2D eigenvalue weighted by atomic mass is 16.5. The molecular weight excluding hydrogens is 316 g/mol. The maximum atomic E-state index is 11.7. The highest BCUT2D eigenvalue weighted by Gasteiger charge is 2.19. The van der Waals surface area contributed by atoms with Crippen LogP contribution in [0.15, 0.2) is 12.3 Å². The number of ether oxygens (including phenoxy) is 1. The van der Waals surface area contributed by atoms with E-state index in [9.17, 15) is 4.79 Å². The van der Waals surface area contributed by atoms with Crippen LogP contribution in [0, 0.1) is 0 Å². The topological polar surface area (TPSA) is 50.6 Å². The molecule has 0 spiro atoms. The molecule has 140 valence electrons. The Labute approximate surface area is 151 Å². The summed E-state index contributed by atoms with van der Waals surface area (Å²) in [6, 6.07) is 2.67. The molecule has 0 aromatic carbocycles. The van der Waals surface area contributed by atoms with E-state index in [-0.39, 0.29) is 5.91 Å². The summed E-state index contributed by atoms with van der Waals surface area (Å²) in [6.45, 7) is 7.76. The first kappa shape index (κ1) is 18.4. The van der Waals surface area contributed by atoms with Gasteiger partial charge in [-0.05, 0) is 18.9 Å². The van der Waals surface area contributed by atoms with E-state index in [1.54, 1.807) is 0 Å². The maximum absolute atomic E-state index is 11.7. The summed E-state index contributed by atoms with van der Waals surface area (Å²) in [6.07, 6.45) is 9.26. The molecule has 3 rings (SSSR count). The minimum Gasteiger partial charge on any atom is -0.374 e. The molecule has 0 atom stereocenters. The molecule has 1 aliphatic carbocycles.